The van der Waals surface area contributed by atoms with Crippen LogP contribution in [0.1, 0.15) is 0 Å². The van der Waals surface area contributed by atoms with Gasteiger partial charge in [-0.05, 0) is 21.5 Å². The second kappa shape index (κ2) is 14.3. The smallest absolute Gasteiger partial charge is 0.780 e. The van der Waals surface area contributed by atoms with Crippen LogP contribution >= 0.6 is 0 Å². The Balaban J connectivity index is 0.00000108. The van der Waals surface area contributed by atoms with E-state index in [9.17, 15) is 0 Å². The third-order valence-electron chi connectivity index (χ3n) is 7.54. The van der Waals surface area contributed by atoms with Gasteiger partial charge in [0, 0.05) is 44.8 Å². The van der Waals surface area contributed by atoms with Crippen LogP contribution in [-0.2, 0) is 55.0 Å². The largest absolute Gasteiger partial charge is 2.00 e. The van der Waals surface area contributed by atoms with E-state index in [0.717, 1.165) is 43.8 Å². The summed E-state index contributed by atoms with van der Waals surface area (Å²) in [4.78, 5) is 41.1. The number of rotatable bonds is 0. The summed E-state index contributed by atoms with van der Waals surface area (Å²) in [6, 6.07) is 24.8. The predicted molar refractivity (Wildman–Crippen MR) is 171 cm³/mol. The molecule has 0 saturated carbocycles. The maximum atomic E-state index is 5.73. The fourth-order valence-electron chi connectivity index (χ4n) is 5.59. The van der Waals surface area contributed by atoms with E-state index >= 15 is 0 Å². The van der Waals surface area contributed by atoms with Crippen molar-refractivity contribution in [1.29, 1.82) is 0 Å². The van der Waals surface area contributed by atoms with Crippen LogP contribution in [0.15, 0.2) is 93.5 Å². The molecule has 0 amide bonds. The second-order valence-electron chi connectivity index (χ2n) is 10.1. The van der Waals surface area contributed by atoms with E-state index in [1.54, 1.807) is 0 Å². The molecule has 213 valence electrons. The van der Waals surface area contributed by atoms with Crippen LogP contribution < -0.4 is 98.6 Å². The number of hydrogen-bond acceptors (Lipinski definition) is 9. The van der Waals surface area contributed by atoms with Crippen LogP contribution in [0, 0.1) is 0 Å². The Bertz CT molecular complexity index is 2540. The molecule has 0 spiro atoms. The van der Waals surface area contributed by atoms with E-state index < -0.39 is 0 Å². The zero-order chi connectivity index (χ0) is 28.8. The first-order chi connectivity index (χ1) is 21.0. The minimum Gasteiger partial charge on any atom is -0.780 e. The van der Waals surface area contributed by atoms with Crippen LogP contribution in [0.2, 0.25) is 0 Å². The first-order valence-corrected chi connectivity index (χ1v) is 14.5. The Morgan fingerprint density at radius 3 is 1.47 bits per heavy atom. The molecule has 9 rings (SSSR count). The molecule has 0 aliphatic carbocycles. The zero-order valence-corrected chi connectivity index (χ0v) is 34.5. The van der Waals surface area contributed by atoms with Crippen LogP contribution in [0.3, 0.4) is 0 Å². The molecular formula is C32H13CuN8Na3S3. The van der Waals surface area contributed by atoms with Gasteiger partial charge in [-0.2, -0.15) is 14.7 Å². The minimum atomic E-state index is 0. The number of nitrogens with zero attached hydrogens (tertiary/aromatic N) is 8. The van der Waals surface area contributed by atoms with Gasteiger partial charge in [0.25, 0.3) is 0 Å². The predicted octanol–water partition coefficient (Wildman–Crippen LogP) is -3.15. The normalized spacial score (nSPS) is 11.0. The van der Waals surface area contributed by atoms with Crippen LogP contribution in [0.5, 0.6) is 0 Å². The molecule has 0 N–H and O–H groups in total. The second-order valence-corrected chi connectivity index (χ2v) is 11.5. The molecule has 4 aromatic carbocycles. The summed E-state index contributed by atoms with van der Waals surface area (Å²) in [6.45, 7) is 0. The fourth-order valence-corrected chi connectivity index (χ4v) is 6.24. The molecule has 7 aromatic rings. The van der Waals surface area contributed by atoms with E-state index in [0.29, 0.717) is 60.6 Å². The molecule has 0 saturated heterocycles. The molecular weight excluding hydrogens is 725 g/mol. The molecule has 0 fully saturated rings. The maximum absolute atomic E-state index is 5.73. The summed E-state index contributed by atoms with van der Waals surface area (Å²) in [7, 11) is 0. The Kier molecular flexibility index (Phi) is 11.2. The molecule has 8 nitrogen and oxygen atoms in total. The topological polar surface area (TPSA) is 106 Å². The maximum Gasteiger partial charge on any atom is 2.00 e. The molecule has 1 radical (unpaired) electrons. The molecule has 8 bridgehead atoms. The summed E-state index contributed by atoms with van der Waals surface area (Å²) in [6.07, 6.45) is 0. The number of fused-ring (bicyclic) bond motifs is 20. The van der Waals surface area contributed by atoms with Crippen molar-refractivity contribution in [2.24, 2.45) is 0 Å². The van der Waals surface area contributed by atoms with Gasteiger partial charge in [-0.25, -0.2) is 15.0 Å². The number of hydrogen-bond donors (Lipinski definition) is 0. The fraction of sp³-hybridized carbons (Fsp3) is 0. The van der Waals surface area contributed by atoms with Crippen molar-refractivity contribution in [2.45, 2.75) is 14.7 Å². The minimum absolute atomic E-state index is 0. The van der Waals surface area contributed by atoms with Crippen LogP contribution in [-0.4, -0.2) is 29.9 Å². The van der Waals surface area contributed by atoms with Crippen molar-refractivity contribution in [3.63, 3.8) is 0 Å². The van der Waals surface area contributed by atoms with E-state index in [1.165, 1.54) is 0 Å². The number of aromatic nitrogens is 8. The first-order valence-electron chi connectivity index (χ1n) is 13.2. The SMILES string of the molecule is [Cu+2].[Na+].[Na+].[Na+].[S-]c1ccc2c3nc4[n-]c(nc5nc(nc6nc(nc([n-]3)c2c1)-c1cccc([S-])c1-6)-c1ccccc1-5)c1ccc([S-])cc41. The van der Waals surface area contributed by atoms with Gasteiger partial charge in [0.05, 0.1) is 11.6 Å². The van der Waals surface area contributed by atoms with Gasteiger partial charge in [-0.3, -0.25) is 0 Å². The molecule has 2 aliphatic heterocycles. The molecule has 0 atom stereocenters. The van der Waals surface area contributed by atoms with E-state index in [4.69, 9.17) is 77.8 Å². The summed E-state index contributed by atoms with van der Waals surface area (Å²) in [5, 5.41) is 3.13. The average molecular weight is 738 g/mol. The molecule has 0 unspecified atom stereocenters. The van der Waals surface area contributed by atoms with E-state index in [-0.39, 0.29) is 106 Å². The first kappa shape index (κ1) is 36.7. The monoisotopic (exact) mass is 737 g/mol. The summed E-state index contributed by atoms with van der Waals surface area (Å²) in [5.74, 6) is 1.85. The van der Waals surface area contributed by atoms with Crippen molar-refractivity contribution < 1.29 is 106 Å². The van der Waals surface area contributed by atoms with Gasteiger partial charge in [0.2, 0.25) is 0 Å². The molecule has 2 aliphatic rings. The van der Waals surface area contributed by atoms with Gasteiger partial charge in [-0.15, -0.1) is 0 Å². The average Bonchev–Trinajstić information content (AvgIpc) is 3.72. The van der Waals surface area contributed by atoms with Crippen LogP contribution in [0.4, 0.5) is 0 Å². The molecule has 47 heavy (non-hydrogen) atoms. The standard InChI is InChI=1S/C32H16N8S3.Cu.3Na/c41-14-8-10-18-21(12-14)30-35-27(18)34-25-16-4-1-2-5-17(16)26(33-25)39-32-24-20(6-3-7-23(24)43)29(40-32)38-31-22-13-15(42)9-11-19(22)28(36-30)37-31;;;;/h1-13H,(H3-2,33,34,35,36,37,38,39,40,41,42,43);;;;/q-2;+2;3*+1/p-3. The summed E-state index contributed by atoms with van der Waals surface area (Å²) >= 11 is 16.7. The Morgan fingerprint density at radius 1 is 0.426 bits per heavy atom. The number of benzene rings is 4. The van der Waals surface area contributed by atoms with Crippen LogP contribution in [0.25, 0.3) is 89.7 Å². The van der Waals surface area contributed by atoms with Crippen molar-refractivity contribution in [1.82, 2.24) is 39.9 Å². The quantitative estimate of drug-likeness (QED) is 0.117. The summed E-state index contributed by atoms with van der Waals surface area (Å²) < 4.78 is 0. The molecule has 5 heterocycles. The third kappa shape index (κ3) is 6.21. The molecule has 15 heteroatoms. The van der Waals surface area contributed by atoms with Gasteiger partial charge >= 0.3 is 106 Å². The van der Waals surface area contributed by atoms with Gasteiger partial charge in [0.1, 0.15) is 0 Å². The summed E-state index contributed by atoms with van der Waals surface area (Å²) in [5.41, 5.74) is 5.00. The van der Waals surface area contributed by atoms with E-state index in [1.807, 2.05) is 78.9 Å². The van der Waals surface area contributed by atoms with E-state index in [2.05, 4.69) is 0 Å². The van der Waals surface area contributed by atoms with Crippen molar-refractivity contribution in [3.05, 3.63) is 78.9 Å². The van der Waals surface area contributed by atoms with Gasteiger partial charge < -0.3 is 62.8 Å². The molecule has 3 aromatic heterocycles. The Morgan fingerprint density at radius 2 is 0.872 bits per heavy atom. The van der Waals surface area contributed by atoms with Crippen molar-refractivity contribution in [3.8, 4) is 45.6 Å². The zero-order valence-electron chi connectivity index (χ0n) is 25.1. The van der Waals surface area contributed by atoms with Crippen molar-refractivity contribution in [2.75, 3.05) is 0 Å². The Labute approximate surface area is 361 Å². The van der Waals surface area contributed by atoms with Gasteiger partial charge in [-0.1, -0.05) is 78.9 Å². The van der Waals surface area contributed by atoms with Gasteiger partial charge in [0.15, 0.2) is 11.6 Å². The Hall–Kier alpha value is -1.58. The third-order valence-corrected chi connectivity index (χ3v) is 8.39. The van der Waals surface area contributed by atoms with Crippen molar-refractivity contribution >= 4 is 82.0 Å².